The van der Waals surface area contributed by atoms with Gasteiger partial charge < -0.3 is 10.1 Å². The Morgan fingerprint density at radius 1 is 1.09 bits per heavy atom. The van der Waals surface area contributed by atoms with Gasteiger partial charge in [0.25, 0.3) is 5.91 Å². The Balaban J connectivity index is 1.99. The molecule has 0 heterocycles. The summed E-state index contributed by atoms with van der Waals surface area (Å²) in [6, 6.07) is 14.1. The molecule has 0 aromatic heterocycles. The van der Waals surface area contributed by atoms with Gasteiger partial charge in [-0.1, -0.05) is 12.1 Å². The molecule has 0 fully saturated rings. The van der Waals surface area contributed by atoms with Gasteiger partial charge in [0.05, 0.1) is 4.47 Å². The van der Waals surface area contributed by atoms with Crippen LogP contribution in [0, 0.1) is 0 Å². The first-order chi connectivity index (χ1) is 10.5. The lowest BCUT2D eigenvalue weighted by Gasteiger charge is -2.15. The van der Waals surface area contributed by atoms with Crippen molar-refractivity contribution in [2.24, 2.45) is 0 Å². The molecule has 22 heavy (non-hydrogen) atoms. The van der Waals surface area contributed by atoms with Gasteiger partial charge in [0.15, 0.2) is 11.9 Å². The molecule has 1 amide bonds. The zero-order valence-corrected chi connectivity index (χ0v) is 13.9. The van der Waals surface area contributed by atoms with Gasteiger partial charge in [-0.3, -0.25) is 9.59 Å². The van der Waals surface area contributed by atoms with E-state index in [0.717, 1.165) is 4.47 Å². The van der Waals surface area contributed by atoms with E-state index in [1.807, 2.05) is 18.2 Å². The van der Waals surface area contributed by atoms with E-state index in [2.05, 4.69) is 21.2 Å². The van der Waals surface area contributed by atoms with Crippen LogP contribution in [0.3, 0.4) is 0 Å². The summed E-state index contributed by atoms with van der Waals surface area (Å²) in [4.78, 5) is 23.3. The van der Waals surface area contributed by atoms with E-state index in [-0.39, 0.29) is 11.7 Å². The smallest absolute Gasteiger partial charge is 0.265 e. The lowest BCUT2D eigenvalue weighted by atomic mass is 10.1. The number of amides is 1. The van der Waals surface area contributed by atoms with Crippen molar-refractivity contribution in [2.75, 3.05) is 5.32 Å². The summed E-state index contributed by atoms with van der Waals surface area (Å²) >= 11 is 3.37. The minimum Gasteiger partial charge on any atom is -0.480 e. The van der Waals surface area contributed by atoms with Crippen molar-refractivity contribution < 1.29 is 14.3 Å². The summed E-state index contributed by atoms with van der Waals surface area (Å²) in [5, 5.41) is 2.76. The number of nitrogens with one attached hydrogen (secondary N) is 1. The molecule has 0 aliphatic carbocycles. The third-order valence-electron chi connectivity index (χ3n) is 3.07. The average molecular weight is 362 g/mol. The minimum atomic E-state index is -0.647. The molecule has 0 bridgehead atoms. The highest BCUT2D eigenvalue weighted by atomic mass is 79.9. The Labute approximate surface area is 137 Å². The first-order valence-electron chi connectivity index (χ1n) is 6.80. The van der Waals surface area contributed by atoms with Crippen LogP contribution in [0.15, 0.2) is 53.0 Å². The van der Waals surface area contributed by atoms with Crippen LogP contribution in [0.1, 0.15) is 24.2 Å². The second kappa shape index (κ2) is 7.22. The SMILES string of the molecule is CC(=O)c1ccc(NC(=O)[C@H](C)Oc2ccccc2Br)cc1. The van der Waals surface area contributed by atoms with E-state index in [1.165, 1.54) is 6.92 Å². The zero-order chi connectivity index (χ0) is 16.1. The van der Waals surface area contributed by atoms with Crippen molar-refractivity contribution >= 4 is 33.3 Å². The lowest BCUT2D eigenvalue weighted by Crippen LogP contribution is -2.30. The van der Waals surface area contributed by atoms with Crippen LogP contribution < -0.4 is 10.1 Å². The highest BCUT2D eigenvalue weighted by molar-refractivity contribution is 9.10. The molecule has 0 radical (unpaired) electrons. The summed E-state index contributed by atoms with van der Waals surface area (Å²) in [5.74, 6) is 0.340. The number of anilines is 1. The lowest BCUT2D eigenvalue weighted by molar-refractivity contribution is -0.122. The molecule has 0 unspecified atom stereocenters. The molecule has 0 saturated heterocycles. The van der Waals surface area contributed by atoms with Gasteiger partial charge in [-0.25, -0.2) is 0 Å². The number of carbonyl (C=O) groups is 2. The van der Waals surface area contributed by atoms with Crippen molar-refractivity contribution in [3.8, 4) is 5.75 Å². The number of benzene rings is 2. The average Bonchev–Trinajstić information content (AvgIpc) is 2.50. The largest absolute Gasteiger partial charge is 0.480 e. The van der Waals surface area contributed by atoms with Gasteiger partial charge in [0, 0.05) is 11.3 Å². The second-order valence-electron chi connectivity index (χ2n) is 4.81. The molecule has 1 atom stereocenters. The Morgan fingerprint density at radius 2 is 1.73 bits per heavy atom. The third kappa shape index (κ3) is 4.18. The number of ketones is 1. The summed E-state index contributed by atoms with van der Waals surface area (Å²) in [6.45, 7) is 3.18. The molecule has 0 aliphatic heterocycles. The highest BCUT2D eigenvalue weighted by Gasteiger charge is 2.16. The maximum Gasteiger partial charge on any atom is 0.265 e. The summed E-state index contributed by atoms with van der Waals surface area (Å²) in [5.41, 5.74) is 1.23. The molecule has 2 rings (SSSR count). The molecular weight excluding hydrogens is 346 g/mol. The number of Topliss-reactive ketones (excluding diaryl/α,β-unsaturated/α-hetero) is 1. The van der Waals surface area contributed by atoms with Gasteiger partial charge >= 0.3 is 0 Å². The molecule has 2 aromatic carbocycles. The van der Waals surface area contributed by atoms with E-state index in [9.17, 15) is 9.59 Å². The second-order valence-corrected chi connectivity index (χ2v) is 5.67. The fraction of sp³-hybridized carbons (Fsp3) is 0.176. The van der Waals surface area contributed by atoms with Crippen molar-refractivity contribution in [3.63, 3.8) is 0 Å². The number of carbonyl (C=O) groups excluding carboxylic acids is 2. The number of ether oxygens (including phenoxy) is 1. The van der Waals surface area contributed by atoms with E-state index in [0.29, 0.717) is 17.0 Å². The molecule has 0 saturated carbocycles. The number of hydrogen-bond acceptors (Lipinski definition) is 3. The van der Waals surface area contributed by atoms with Crippen molar-refractivity contribution in [3.05, 3.63) is 58.6 Å². The van der Waals surface area contributed by atoms with Crippen molar-refractivity contribution in [1.82, 2.24) is 0 Å². The fourth-order valence-corrected chi connectivity index (χ4v) is 2.19. The number of halogens is 1. The quantitative estimate of drug-likeness (QED) is 0.817. The summed E-state index contributed by atoms with van der Waals surface area (Å²) in [6.07, 6.45) is -0.647. The minimum absolute atomic E-state index is 0.0106. The van der Waals surface area contributed by atoms with Crippen LogP contribution in [0.2, 0.25) is 0 Å². The first kappa shape index (κ1) is 16.2. The molecule has 4 nitrogen and oxygen atoms in total. The highest BCUT2D eigenvalue weighted by Crippen LogP contribution is 2.25. The Kier molecular flexibility index (Phi) is 5.33. The third-order valence-corrected chi connectivity index (χ3v) is 3.72. The normalized spacial score (nSPS) is 11.6. The van der Waals surface area contributed by atoms with Gasteiger partial charge in [0.1, 0.15) is 5.75 Å². The topological polar surface area (TPSA) is 55.4 Å². The predicted octanol–water partition coefficient (Wildman–Crippen LogP) is 4.06. The summed E-state index contributed by atoms with van der Waals surface area (Å²) in [7, 11) is 0. The Bertz CT molecular complexity index is 683. The first-order valence-corrected chi connectivity index (χ1v) is 7.59. The maximum absolute atomic E-state index is 12.1. The maximum atomic E-state index is 12.1. The monoisotopic (exact) mass is 361 g/mol. The number of para-hydroxylation sites is 1. The number of hydrogen-bond donors (Lipinski definition) is 1. The Morgan fingerprint density at radius 3 is 2.32 bits per heavy atom. The van der Waals surface area contributed by atoms with E-state index in [1.54, 1.807) is 37.3 Å². The van der Waals surface area contributed by atoms with Crippen LogP contribution in [0.4, 0.5) is 5.69 Å². The predicted molar refractivity (Wildman–Crippen MR) is 89.3 cm³/mol. The van der Waals surface area contributed by atoms with Crippen LogP contribution in [-0.4, -0.2) is 17.8 Å². The number of rotatable bonds is 5. The van der Waals surface area contributed by atoms with E-state index < -0.39 is 6.10 Å². The molecule has 0 spiro atoms. The molecular formula is C17H16BrNO3. The van der Waals surface area contributed by atoms with Crippen LogP contribution >= 0.6 is 15.9 Å². The molecule has 2 aromatic rings. The van der Waals surface area contributed by atoms with E-state index >= 15 is 0 Å². The van der Waals surface area contributed by atoms with Crippen LogP contribution in [0.5, 0.6) is 5.75 Å². The van der Waals surface area contributed by atoms with Crippen LogP contribution in [0.25, 0.3) is 0 Å². The van der Waals surface area contributed by atoms with Gasteiger partial charge in [-0.05, 0) is 66.2 Å². The van der Waals surface area contributed by atoms with Crippen LogP contribution in [-0.2, 0) is 4.79 Å². The van der Waals surface area contributed by atoms with Gasteiger partial charge in [0.2, 0.25) is 0 Å². The molecule has 5 heteroatoms. The van der Waals surface area contributed by atoms with Crippen molar-refractivity contribution in [2.45, 2.75) is 20.0 Å². The van der Waals surface area contributed by atoms with Gasteiger partial charge in [-0.2, -0.15) is 0 Å². The van der Waals surface area contributed by atoms with Gasteiger partial charge in [-0.15, -0.1) is 0 Å². The zero-order valence-electron chi connectivity index (χ0n) is 12.3. The van der Waals surface area contributed by atoms with E-state index in [4.69, 9.17) is 4.74 Å². The molecule has 1 N–H and O–H groups in total. The van der Waals surface area contributed by atoms with Crippen molar-refractivity contribution in [1.29, 1.82) is 0 Å². The molecule has 0 aliphatic rings. The fourth-order valence-electron chi connectivity index (χ4n) is 1.82. The molecule has 114 valence electrons. The summed E-state index contributed by atoms with van der Waals surface area (Å²) < 4.78 is 6.42. The standard InChI is InChI=1S/C17H16BrNO3/c1-11(20)13-7-9-14(10-8-13)19-17(21)12(2)22-16-6-4-3-5-15(16)18/h3-10,12H,1-2H3,(H,19,21)/t12-/m0/s1. The Hall–Kier alpha value is -2.14.